The van der Waals surface area contributed by atoms with E-state index < -0.39 is 0 Å². The van der Waals surface area contributed by atoms with Crippen LogP contribution in [0.5, 0.6) is 5.75 Å². The van der Waals surface area contributed by atoms with Gasteiger partial charge in [-0.1, -0.05) is 48.5 Å². The van der Waals surface area contributed by atoms with Gasteiger partial charge in [-0.2, -0.15) is 5.26 Å². The van der Waals surface area contributed by atoms with Gasteiger partial charge in [0.25, 0.3) is 0 Å². The molecule has 2 aromatic rings. The van der Waals surface area contributed by atoms with Gasteiger partial charge in [-0.3, -0.25) is 0 Å². The van der Waals surface area contributed by atoms with Gasteiger partial charge in [-0.25, -0.2) is 0 Å². The van der Waals surface area contributed by atoms with Crippen LogP contribution in [0, 0.1) is 11.3 Å². The number of hydrogen-bond acceptors (Lipinski definition) is 2. The molecule has 0 fully saturated rings. The predicted molar refractivity (Wildman–Crippen MR) is 76.1 cm³/mol. The number of nitrogens with zero attached hydrogens (tertiary/aromatic N) is 1. The minimum atomic E-state index is 0.211. The van der Waals surface area contributed by atoms with E-state index in [1.165, 1.54) is 5.56 Å². The summed E-state index contributed by atoms with van der Waals surface area (Å²) in [6.07, 6.45) is 1.34. The number of benzene rings is 2. The minimum Gasteiger partial charge on any atom is -0.496 e. The van der Waals surface area contributed by atoms with Crippen molar-refractivity contribution in [3.05, 3.63) is 65.7 Å². The summed E-state index contributed by atoms with van der Waals surface area (Å²) in [5.74, 6) is 1.10. The number of ether oxygens (including phenoxy) is 1. The number of methoxy groups -OCH3 is 1. The molecule has 0 N–H and O–H groups in total. The van der Waals surface area contributed by atoms with Crippen molar-refractivity contribution in [3.63, 3.8) is 0 Å². The third-order valence-electron chi connectivity index (χ3n) is 3.27. The van der Waals surface area contributed by atoms with Crippen LogP contribution >= 0.6 is 0 Å². The zero-order valence-corrected chi connectivity index (χ0v) is 11.0. The van der Waals surface area contributed by atoms with E-state index in [2.05, 4.69) is 24.3 Å². The Balaban J connectivity index is 2.24. The predicted octanol–water partition coefficient (Wildman–Crippen LogP) is 3.94. The maximum Gasteiger partial charge on any atom is 0.122 e. The first kappa shape index (κ1) is 13.2. The highest BCUT2D eigenvalue weighted by atomic mass is 16.5. The fourth-order valence-electron chi connectivity index (χ4n) is 2.28. The molecule has 0 spiro atoms. The van der Waals surface area contributed by atoms with E-state index in [9.17, 15) is 0 Å². The van der Waals surface area contributed by atoms with E-state index in [4.69, 9.17) is 10.00 Å². The van der Waals surface area contributed by atoms with E-state index in [1.807, 2.05) is 36.4 Å². The Morgan fingerprint density at radius 2 is 1.74 bits per heavy atom. The van der Waals surface area contributed by atoms with Gasteiger partial charge in [0, 0.05) is 12.3 Å². The van der Waals surface area contributed by atoms with Crippen LogP contribution in [0.4, 0.5) is 0 Å². The molecular weight excluding hydrogens is 234 g/mol. The summed E-state index contributed by atoms with van der Waals surface area (Å²) in [5.41, 5.74) is 2.35. The average molecular weight is 251 g/mol. The van der Waals surface area contributed by atoms with E-state index in [0.717, 1.165) is 17.7 Å². The van der Waals surface area contributed by atoms with E-state index in [-0.39, 0.29) is 5.92 Å². The quantitative estimate of drug-likeness (QED) is 0.806. The maximum atomic E-state index is 9.02. The van der Waals surface area contributed by atoms with Gasteiger partial charge < -0.3 is 4.74 Å². The zero-order chi connectivity index (χ0) is 13.5. The number of rotatable bonds is 5. The molecule has 0 heterocycles. The van der Waals surface area contributed by atoms with Crippen LogP contribution in [0.1, 0.15) is 23.5 Å². The molecule has 0 saturated carbocycles. The first-order valence-corrected chi connectivity index (χ1v) is 6.39. The molecule has 0 aliphatic rings. The molecule has 96 valence electrons. The maximum absolute atomic E-state index is 9.02. The lowest BCUT2D eigenvalue weighted by molar-refractivity contribution is 0.408. The molecule has 2 rings (SSSR count). The summed E-state index contributed by atoms with van der Waals surface area (Å²) in [6, 6.07) is 20.5. The molecule has 0 aliphatic heterocycles. The molecule has 0 radical (unpaired) electrons. The average Bonchev–Trinajstić information content (AvgIpc) is 2.48. The van der Waals surface area contributed by atoms with Crippen molar-refractivity contribution in [2.24, 2.45) is 0 Å². The smallest absolute Gasteiger partial charge is 0.122 e. The SMILES string of the molecule is COc1ccccc1CC(CC#N)c1ccccc1. The van der Waals surface area contributed by atoms with Crippen LogP contribution in [0.3, 0.4) is 0 Å². The number of hydrogen-bond donors (Lipinski definition) is 0. The van der Waals surface area contributed by atoms with Gasteiger partial charge in [0.15, 0.2) is 0 Å². The van der Waals surface area contributed by atoms with Crippen molar-refractivity contribution in [2.75, 3.05) is 7.11 Å². The number of para-hydroxylation sites is 1. The Labute approximate surface area is 114 Å². The molecule has 0 aliphatic carbocycles. The Morgan fingerprint density at radius 3 is 2.42 bits per heavy atom. The summed E-state index contributed by atoms with van der Waals surface area (Å²) >= 11 is 0. The lowest BCUT2D eigenvalue weighted by Crippen LogP contribution is -2.03. The van der Waals surface area contributed by atoms with Crippen LogP contribution in [-0.2, 0) is 6.42 Å². The van der Waals surface area contributed by atoms with E-state index >= 15 is 0 Å². The molecule has 0 amide bonds. The van der Waals surface area contributed by atoms with Crippen LogP contribution < -0.4 is 4.74 Å². The Hall–Kier alpha value is -2.27. The van der Waals surface area contributed by atoms with Crippen molar-refractivity contribution in [2.45, 2.75) is 18.8 Å². The van der Waals surface area contributed by atoms with Crippen molar-refractivity contribution in [1.29, 1.82) is 5.26 Å². The normalized spacial score (nSPS) is 11.6. The molecule has 2 nitrogen and oxygen atoms in total. The summed E-state index contributed by atoms with van der Waals surface area (Å²) in [7, 11) is 1.68. The van der Waals surface area contributed by atoms with Crippen molar-refractivity contribution in [1.82, 2.24) is 0 Å². The summed E-state index contributed by atoms with van der Waals surface area (Å²) in [5, 5.41) is 9.02. The second-order valence-electron chi connectivity index (χ2n) is 4.49. The Bertz CT molecular complexity index is 557. The molecule has 0 saturated heterocycles. The molecule has 19 heavy (non-hydrogen) atoms. The third kappa shape index (κ3) is 3.35. The highest BCUT2D eigenvalue weighted by molar-refractivity contribution is 5.35. The first-order valence-electron chi connectivity index (χ1n) is 6.39. The summed E-state index contributed by atoms with van der Waals surface area (Å²) in [6.45, 7) is 0. The van der Waals surface area contributed by atoms with Gasteiger partial charge in [0.1, 0.15) is 5.75 Å². The fraction of sp³-hybridized carbons (Fsp3) is 0.235. The van der Waals surface area contributed by atoms with Crippen LogP contribution in [0.25, 0.3) is 0 Å². The van der Waals surface area contributed by atoms with Crippen molar-refractivity contribution >= 4 is 0 Å². The standard InChI is InChI=1S/C17H17NO/c1-19-17-10-6-5-9-16(17)13-15(11-12-18)14-7-3-2-4-8-14/h2-10,15H,11,13H2,1H3. The number of nitriles is 1. The second-order valence-corrected chi connectivity index (χ2v) is 4.49. The highest BCUT2D eigenvalue weighted by Crippen LogP contribution is 2.28. The molecular formula is C17H17NO. The van der Waals surface area contributed by atoms with Gasteiger partial charge in [-0.15, -0.1) is 0 Å². The van der Waals surface area contributed by atoms with Crippen LogP contribution in [0.15, 0.2) is 54.6 Å². The Kier molecular flexibility index (Phi) is 4.58. The summed E-state index contributed by atoms with van der Waals surface area (Å²) in [4.78, 5) is 0. The van der Waals surface area contributed by atoms with E-state index in [0.29, 0.717) is 6.42 Å². The topological polar surface area (TPSA) is 33.0 Å². The molecule has 1 unspecified atom stereocenters. The molecule has 2 aromatic carbocycles. The monoisotopic (exact) mass is 251 g/mol. The second kappa shape index (κ2) is 6.61. The van der Waals surface area contributed by atoms with Gasteiger partial charge >= 0.3 is 0 Å². The Morgan fingerprint density at radius 1 is 1.05 bits per heavy atom. The fourth-order valence-corrected chi connectivity index (χ4v) is 2.28. The molecule has 0 aromatic heterocycles. The summed E-state index contributed by atoms with van der Waals surface area (Å²) < 4.78 is 5.38. The minimum absolute atomic E-state index is 0.211. The van der Waals surface area contributed by atoms with E-state index in [1.54, 1.807) is 7.11 Å². The largest absolute Gasteiger partial charge is 0.496 e. The van der Waals surface area contributed by atoms with Gasteiger partial charge in [0.2, 0.25) is 0 Å². The molecule has 0 bridgehead atoms. The third-order valence-corrected chi connectivity index (χ3v) is 3.27. The highest BCUT2D eigenvalue weighted by Gasteiger charge is 2.14. The zero-order valence-electron chi connectivity index (χ0n) is 11.0. The first-order chi connectivity index (χ1) is 9.35. The van der Waals surface area contributed by atoms with Crippen LogP contribution in [-0.4, -0.2) is 7.11 Å². The van der Waals surface area contributed by atoms with Crippen molar-refractivity contribution in [3.8, 4) is 11.8 Å². The van der Waals surface area contributed by atoms with Gasteiger partial charge in [0.05, 0.1) is 13.2 Å². The molecule has 2 heteroatoms. The van der Waals surface area contributed by atoms with Crippen LogP contribution in [0.2, 0.25) is 0 Å². The molecule has 1 atom stereocenters. The van der Waals surface area contributed by atoms with Gasteiger partial charge in [-0.05, 0) is 23.6 Å². The lowest BCUT2D eigenvalue weighted by Gasteiger charge is -2.16. The lowest BCUT2D eigenvalue weighted by atomic mass is 9.89. The van der Waals surface area contributed by atoms with Crippen molar-refractivity contribution < 1.29 is 4.74 Å².